The number of aromatic nitrogens is 3. The Morgan fingerprint density at radius 1 is 1.33 bits per heavy atom. The van der Waals surface area contributed by atoms with E-state index in [0.717, 1.165) is 24.2 Å². The molecule has 7 nitrogen and oxygen atoms in total. The molecule has 1 aliphatic heterocycles. The molecule has 1 fully saturated rings. The van der Waals surface area contributed by atoms with Crippen molar-refractivity contribution in [2.75, 3.05) is 26.7 Å². The molecular formula is C17H33N7. The fourth-order valence-corrected chi connectivity index (χ4v) is 3.21. The second kappa shape index (κ2) is 9.01. The number of nitrogens with one attached hydrogen (secondary N) is 2. The van der Waals surface area contributed by atoms with Crippen molar-refractivity contribution in [2.45, 2.75) is 46.2 Å². The number of guanidine groups is 1. The summed E-state index contributed by atoms with van der Waals surface area (Å²) >= 11 is 0. The van der Waals surface area contributed by atoms with E-state index in [1.165, 1.54) is 25.9 Å². The molecular weight excluding hydrogens is 302 g/mol. The van der Waals surface area contributed by atoms with Crippen molar-refractivity contribution in [1.82, 2.24) is 30.3 Å². The first-order valence-electron chi connectivity index (χ1n) is 9.02. The monoisotopic (exact) mass is 335 g/mol. The average Bonchev–Trinajstić information content (AvgIpc) is 2.97. The van der Waals surface area contributed by atoms with Crippen molar-refractivity contribution >= 4 is 5.96 Å². The smallest absolute Gasteiger partial charge is 0.191 e. The molecule has 1 saturated heterocycles. The summed E-state index contributed by atoms with van der Waals surface area (Å²) in [5.74, 6) is 3.18. The van der Waals surface area contributed by atoms with Gasteiger partial charge in [-0.15, -0.1) is 0 Å². The van der Waals surface area contributed by atoms with Crippen LogP contribution in [-0.4, -0.2) is 58.3 Å². The molecule has 1 aromatic heterocycles. The molecule has 1 aromatic rings. The fraction of sp³-hybridized carbons (Fsp3) is 0.824. The molecule has 0 amide bonds. The number of hydrogen-bond acceptors (Lipinski definition) is 4. The van der Waals surface area contributed by atoms with Gasteiger partial charge in [0.2, 0.25) is 0 Å². The standard InChI is InChI=1S/C17H33N7/c1-13(2)15(24-8-6-14(3)7-9-24)10-19-17(18-4)20-11-16-21-12-22-23(16)5/h12-15H,6-11H2,1-5H3,(H2,18,19,20). The Bertz CT molecular complexity index is 515. The molecule has 0 aromatic carbocycles. The molecule has 2 rings (SSSR count). The van der Waals surface area contributed by atoms with E-state index < -0.39 is 0 Å². The summed E-state index contributed by atoms with van der Waals surface area (Å²) in [5, 5.41) is 10.9. The Morgan fingerprint density at radius 2 is 2.04 bits per heavy atom. The van der Waals surface area contributed by atoms with Gasteiger partial charge in [0.05, 0.1) is 6.54 Å². The summed E-state index contributed by atoms with van der Waals surface area (Å²) < 4.78 is 1.77. The Labute approximate surface area is 145 Å². The zero-order valence-corrected chi connectivity index (χ0v) is 15.8. The SMILES string of the molecule is CN=C(NCc1ncnn1C)NCC(C(C)C)N1CCC(C)CC1. The van der Waals surface area contributed by atoms with Crippen molar-refractivity contribution in [3.63, 3.8) is 0 Å². The molecule has 1 aliphatic rings. The van der Waals surface area contributed by atoms with E-state index in [4.69, 9.17) is 0 Å². The van der Waals surface area contributed by atoms with Crippen LogP contribution in [-0.2, 0) is 13.6 Å². The van der Waals surface area contributed by atoms with E-state index in [9.17, 15) is 0 Å². The van der Waals surface area contributed by atoms with Gasteiger partial charge in [0.15, 0.2) is 5.96 Å². The molecule has 0 aliphatic carbocycles. The third-order valence-electron chi connectivity index (χ3n) is 4.98. The van der Waals surface area contributed by atoms with Crippen LogP contribution >= 0.6 is 0 Å². The van der Waals surface area contributed by atoms with Crippen LogP contribution in [0.3, 0.4) is 0 Å². The van der Waals surface area contributed by atoms with Gasteiger partial charge in [-0.3, -0.25) is 14.6 Å². The highest BCUT2D eigenvalue weighted by atomic mass is 15.3. The van der Waals surface area contributed by atoms with Gasteiger partial charge in [-0.25, -0.2) is 4.98 Å². The first kappa shape index (κ1) is 18.7. The Hall–Kier alpha value is -1.63. The lowest BCUT2D eigenvalue weighted by Crippen LogP contribution is -2.51. The van der Waals surface area contributed by atoms with Crippen molar-refractivity contribution < 1.29 is 0 Å². The number of nitrogens with zero attached hydrogens (tertiary/aromatic N) is 5. The molecule has 7 heteroatoms. The van der Waals surface area contributed by atoms with E-state index in [2.05, 4.69) is 51.4 Å². The third kappa shape index (κ3) is 5.19. The summed E-state index contributed by atoms with van der Waals surface area (Å²) in [5.41, 5.74) is 0. The van der Waals surface area contributed by atoms with Crippen LogP contribution in [0.1, 0.15) is 39.4 Å². The first-order valence-corrected chi connectivity index (χ1v) is 9.02. The molecule has 2 heterocycles. The predicted octanol–water partition coefficient (Wildman–Crippen LogP) is 1.24. The Morgan fingerprint density at radius 3 is 2.58 bits per heavy atom. The highest BCUT2D eigenvalue weighted by molar-refractivity contribution is 5.79. The zero-order valence-electron chi connectivity index (χ0n) is 15.8. The van der Waals surface area contributed by atoms with Gasteiger partial charge in [-0.1, -0.05) is 20.8 Å². The summed E-state index contributed by atoms with van der Waals surface area (Å²) in [6, 6.07) is 0.533. The maximum absolute atomic E-state index is 4.32. The minimum Gasteiger partial charge on any atom is -0.355 e. The summed E-state index contributed by atoms with van der Waals surface area (Å²) in [7, 11) is 3.70. The predicted molar refractivity (Wildman–Crippen MR) is 97.8 cm³/mol. The van der Waals surface area contributed by atoms with E-state index >= 15 is 0 Å². The van der Waals surface area contributed by atoms with Crippen LogP contribution in [0.15, 0.2) is 11.3 Å². The molecule has 1 unspecified atom stereocenters. The molecule has 0 bridgehead atoms. The van der Waals surface area contributed by atoms with Crippen LogP contribution in [0.25, 0.3) is 0 Å². The van der Waals surface area contributed by atoms with Crippen LogP contribution in [0.5, 0.6) is 0 Å². The number of aryl methyl sites for hydroxylation is 1. The van der Waals surface area contributed by atoms with Crippen molar-refractivity contribution in [1.29, 1.82) is 0 Å². The molecule has 24 heavy (non-hydrogen) atoms. The van der Waals surface area contributed by atoms with E-state index in [-0.39, 0.29) is 0 Å². The van der Waals surface area contributed by atoms with Gasteiger partial charge in [0, 0.05) is 26.7 Å². The lowest BCUT2D eigenvalue weighted by Gasteiger charge is -2.39. The van der Waals surface area contributed by atoms with Gasteiger partial charge in [-0.2, -0.15) is 5.10 Å². The fourth-order valence-electron chi connectivity index (χ4n) is 3.21. The quantitative estimate of drug-likeness (QED) is 0.604. The maximum Gasteiger partial charge on any atom is 0.191 e. The summed E-state index contributed by atoms with van der Waals surface area (Å²) in [4.78, 5) is 11.2. The van der Waals surface area contributed by atoms with E-state index in [1.807, 2.05) is 7.05 Å². The van der Waals surface area contributed by atoms with Gasteiger partial charge in [0.1, 0.15) is 12.2 Å². The van der Waals surface area contributed by atoms with Crippen molar-refractivity contribution in [2.24, 2.45) is 23.9 Å². The van der Waals surface area contributed by atoms with Crippen LogP contribution in [0.2, 0.25) is 0 Å². The minimum absolute atomic E-state index is 0.533. The summed E-state index contributed by atoms with van der Waals surface area (Å²) in [6.45, 7) is 10.9. The lowest BCUT2D eigenvalue weighted by molar-refractivity contribution is 0.110. The molecule has 1 atom stereocenters. The highest BCUT2D eigenvalue weighted by Gasteiger charge is 2.25. The molecule has 136 valence electrons. The maximum atomic E-state index is 4.32. The van der Waals surface area contributed by atoms with Gasteiger partial charge >= 0.3 is 0 Å². The third-order valence-corrected chi connectivity index (χ3v) is 4.98. The van der Waals surface area contributed by atoms with Crippen LogP contribution < -0.4 is 10.6 Å². The first-order chi connectivity index (χ1) is 11.5. The number of likely N-dealkylation sites (tertiary alicyclic amines) is 1. The van der Waals surface area contributed by atoms with Crippen molar-refractivity contribution in [3.05, 3.63) is 12.2 Å². The highest BCUT2D eigenvalue weighted by Crippen LogP contribution is 2.20. The lowest BCUT2D eigenvalue weighted by atomic mass is 9.94. The Kier molecular flexibility index (Phi) is 7.02. The van der Waals surface area contributed by atoms with Gasteiger partial charge in [0.25, 0.3) is 0 Å². The van der Waals surface area contributed by atoms with E-state index in [0.29, 0.717) is 18.5 Å². The number of aliphatic imine (C=N–C) groups is 1. The van der Waals surface area contributed by atoms with Gasteiger partial charge in [-0.05, 0) is 37.8 Å². The molecule has 0 radical (unpaired) electrons. The van der Waals surface area contributed by atoms with Gasteiger partial charge < -0.3 is 10.6 Å². The topological polar surface area (TPSA) is 70.4 Å². The zero-order chi connectivity index (χ0) is 17.5. The normalized spacial score (nSPS) is 18.8. The summed E-state index contributed by atoms with van der Waals surface area (Å²) in [6.07, 6.45) is 4.18. The molecule has 0 spiro atoms. The second-order valence-corrected chi connectivity index (χ2v) is 7.14. The van der Waals surface area contributed by atoms with Crippen LogP contribution in [0, 0.1) is 11.8 Å². The average molecular weight is 336 g/mol. The van der Waals surface area contributed by atoms with Crippen molar-refractivity contribution in [3.8, 4) is 0 Å². The number of rotatable bonds is 6. The van der Waals surface area contributed by atoms with Crippen LogP contribution in [0.4, 0.5) is 0 Å². The Balaban J connectivity index is 1.84. The number of piperidine rings is 1. The largest absolute Gasteiger partial charge is 0.355 e. The minimum atomic E-state index is 0.533. The number of hydrogen-bond donors (Lipinski definition) is 2. The van der Waals surface area contributed by atoms with E-state index in [1.54, 1.807) is 18.1 Å². The second-order valence-electron chi connectivity index (χ2n) is 7.14. The molecule has 2 N–H and O–H groups in total. The molecule has 0 saturated carbocycles.